The van der Waals surface area contributed by atoms with Crippen LogP contribution >= 0.6 is 0 Å². The monoisotopic (exact) mass is 718 g/mol. The lowest BCUT2D eigenvalue weighted by Crippen LogP contribution is -2.84. The molecule has 0 fully saturated rings. The van der Waals surface area contributed by atoms with Crippen LogP contribution in [0.3, 0.4) is 0 Å². The standard InChI is InChI=1S/C13H29N.C12H4F6.4C4H9.Al/c1-5-8-13(6-2)10-9-12(4)11-14-7-3;13-6-4-2-1-3-5(6)7-8(14)10(16)12(18)11(17)9(7)15;4*1-3-4-2;/h12-14H,5-11H2,1-4H3;1-4H;4*1,3-4H2,2H3;/q;;;;;;-1/p+1. The molecular formula is C41H70AlF6N. The summed E-state index contributed by atoms with van der Waals surface area (Å²) in [6.45, 7) is 21.3. The summed E-state index contributed by atoms with van der Waals surface area (Å²) in [4.78, 5) is 0. The molecule has 0 saturated carbocycles. The number of halogens is 6. The highest BCUT2D eigenvalue weighted by Crippen LogP contribution is 2.34. The summed E-state index contributed by atoms with van der Waals surface area (Å²) < 4.78 is 78.8. The fraction of sp³-hybridized carbons (Fsp3) is 0.707. The smallest absolute Gasteiger partial charge is 0.200 e. The third-order valence-corrected chi connectivity index (χ3v) is 16.8. The molecule has 0 radical (unpaired) electrons. The van der Waals surface area contributed by atoms with E-state index in [4.69, 9.17) is 0 Å². The predicted octanol–water partition coefficient (Wildman–Crippen LogP) is 13.6. The Morgan fingerprint density at radius 3 is 1.41 bits per heavy atom. The number of hydrogen-bond donors (Lipinski definition) is 1. The van der Waals surface area contributed by atoms with Crippen molar-refractivity contribution in [2.45, 2.75) is 160 Å². The Hall–Kier alpha value is -1.49. The van der Waals surface area contributed by atoms with Crippen LogP contribution in [-0.4, -0.2) is 26.2 Å². The Kier molecular flexibility index (Phi) is 27.3. The zero-order chi connectivity index (χ0) is 37.2. The molecule has 0 aliphatic heterocycles. The summed E-state index contributed by atoms with van der Waals surface area (Å²) in [6.07, 6.45) is 18.7. The lowest BCUT2D eigenvalue weighted by molar-refractivity contribution is -0.657. The van der Waals surface area contributed by atoms with Crippen molar-refractivity contribution < 1.29 is 31.7 Å². The first-order chi connectivity index (χ1) is 23.4. The minimum absolute atomic E-state index is 0.690. The fourth-order valence-corrected chi connectivity index (χ4v) is 13.8. The first-order valence-corrected chi connectivity index (χ1v) is 23.0. The second-order valence-electron chi connectivity index (χ2n) is 14.4. The van der Waals surface area contributed by atoms with Crippen molar-refractivity contribution in [1.82, 2.24) is 0 Å². The van der Waals surface area contributed by atoms with Crippen molar-refractivity contribution in [2.24, 2.45) is 11.8 Å². The number of unbranched alkanes of at least 4 members (excludes halogenated alkanes) is 4. The van der Waals surface area contributed by atoms with Crippen LogP contribution in [0.4, 0.5) is 26.3 Å². The van der Waals surface area contributed by atoms with E-state index in [1.165, 1.54) is 109 Å². The Bertz CT molecular complexity index is 1060. The maximum Gasteiger partial charge on any atom is 0.200 e. The van der Waals surface area contributed by atoms with Gasteiger partial charge < -0.3 is 5.32 Å². The van der Waals surface area contributed by atoms with Crippen LogP contribution in [0.2, 0.25) is 21.1 Å². The van der Waals surface area contributed by atoms with E-state index in [0.29, 0.717) is 0 Å². The van der Waals surface area contributed by atoms with Crippen LogP contribution in [-0.2, 0) is 0 Å². The molecule has 2 rings (SSSR count). The molecule has 2 N–H and O–H groups in total. The van der Waals surface area contributed by atoms with Crippen molar-refractivity contribution in [2.75, 3.05) is 13.1 Å². The lowest BCUT2D eigenvalue weighted by atomic mass is 9.91. The van der Waals surface area contributed by atoms with Gasteiger partial charge in [0.15, 0.2) is 23.3 Å². The van der Waals surface area contributed by atoms with Crippen LogP contribution in [0.5, 0.6) is 0 Å². The highest BCUT2D eigenvalue weighted by molar-refractivity contribution is 6.79. The van der Waals surface area contributed by atoms with Gasteiger partial charge in [0.1, 0.15) is 18.9 Å². The van der Waals surface area contributed by atoms with Crippen molar-refractivity contribution in [3.8, 4) is 11.1 Å². The van der Waals surface area contributed by atoms with Gasteiger partial charge in [0.2, 0.25) is 5.82 Å². The average molecular weight is 718 g/mol. The maximum atomic E-state index is 13.4. The van der Waals surface area contributed by atoms with Gasteiger partial charge in [0.25, 0.3) is 0 Å². The number of nitrogens with two attached hydrogens (primary N) is 1. The van der Waals surface area contributed by atoms with Gasteiger partial charge in [-0.1, -0.05) is 137 Å². The van der Waals surface area contributed by atoms with E-state index in [2.05, 4.69) is 60.7 Å². The second kappa shape index (κ2) is 28.1. The highest BCUT2D eigenvalue weighted by atomic mass is 27.2. The van der Waals surface area contributed by atoms with E-state index in [1.54, 1.807) is 21.1 Å². The summed E-state index contributed by atoms with van der Waals surface area (Å²) in [5, 5.41) is 9.05. The van der Waals surface area contributed by atoms with Crippen LogP contribution in [0.25, 0.3) is 11.1 Å². The zero-order valence-electron chi connectivity index (χ0n) is 32.3. The molecule has 0 saturated heterocycles. The summed E-state index contributed by atoms with van der Waals surface area (Å²) in [5.74, 6) is -9.79. The first-order valence-electron chi connectivity index (χ1n) is 19.7. The molecular weight excluding hydrogens is 647 g/mol. The third-order valence-electron chi connectivity index (χ3n) is 10.2. The van der Waals surface area contributed by atoms with E-state index in [-0.39, 0.29) is 0 Å². The molecule has 2 aromatic carbocycles. The molecule has 2 unspecified atom stereocenters. The second-order valence-corrected chi connectivity index (χ2v) is 20.2. The molecule has 0 heterocycles. The summed E-state index contributed by atoms with van der Waals surface area (Å²) in [6, 6.07) is 4.22. The molecule has 0 aliphatic rings. The van der Waals surface area contributed by atoms with Gasteiger partial charge in [-0.15, -0.1) is 0 Å². The van der Waals surface area contributed by atoms with Gasteiger partial charge in [-0.05, 0) is 31.7 Å². The van der Waals surface area contributed by atoms with Gasteiger partial charge in [0.05, 0.1) is 18.7 Å². The predicted molar refractivity (Wildman–Crippen MR) is 201 cm³/mol. The summed E-state index contributed by atoms with van der Waals surface area (Å²) in [5.41, 5.74) is -1.96. The first kappa shape index (κ1) is 47.5. The molecule has 1 nitrogen and oxygen atoms in total. The van der Waals surface area contributed by atoms with Gasteiger partial charge in [0, 0.05) is 11.5 Å². The molecule has 0 bridgehead atoms. The average Bonchev–Trinajstić information content (AvgIpc) is 3.11. The number of benzene rings is 2. The Balaban J connectivity index is 0.000000712. The Morgan fingerprint density at radius 1 is 0.571 bits per heavy atom. The largest absolute Gasteiger partial charge is 0.346 e. The van der Waals surface area contributed by atoms with Gasteiger partial charge in [-0.25, -0.2) is 26.3 Å². The molecule has 8 heteroatoms. The molecule has 49 heavy (non-hydrogen) atoms. The van der Waals surface area contributed by atoms with E-state index < -0.39 is 59.1 Å². The minimum Gasteiger partial charge on any atom is -0.346 e. The zero-order valence-corrected chi connectivity index (χ0v) is 33.5. The van der Waals surface area contributed by atoms with Crippen molar-refractivity contribution in [3.05, 3.63) is 59.2 Å². The van der Waals surface area contributed by atoms with E-state index >= 15 is 0 Å². The van der Waals surface area contributed by atoms with Gasteiger partial charge >= 0.3 is 0 Å². The molecule has 0 spiro atoms. The van der Waals surface area contributed by atoms with Crippen LogP contribution in [0.1, 0.15) is 139 Å². The molecule has 2 atom stereocenters. The van der Waals surface area contributed by atoms with Crippen LogP contribution in [0.15, 0.2) is 24.3 Å². The number of hydrogen-bond acceptors (Lipinski definition) is 0. The SMILES string of the molecule is CCCC(CC)CCC(C)C[NH2+]CC.CCC[CH2][Al-]([CH2]CCC)([CH2]CCC)[CH2]CCC.Fc1ccccc1-c1c(F)c(F)c(F)c(F)c1F. The minimum atomic E-state index is -2.27. The topological polar surface area (TPSA) is 16.6 Å². The van der Waals surface area contributed by atoms with Crippen LogP contribution < -0.4 is 5.32 Å². The summed E-state index contributed by atoms with van der Waals surface area (Å²) in [7, 11) is 0. The molecule has 0 aromatic heterocycles. The van der Waals surface area contributed by atoms with Crippen LogP contribution in [0, 0.1) is 46.7 Å². The third kappa shape index (κ3) is 18.0. The summed E-state index contributed by atoms with van der Waals surface area (Å²) >= 11 is -1.20. The van der Waals surface area contributed by atoms with Crippen molar-refractivity contribution in [1.29, 1.82) is 0 Å². The molecule has 0 amide bonds. The Labute approximate surface area is 299 Å². The Morgan fingerprint density at radius 2 is 1.02 bits per heavy atom. The molecule has 0 aliphatic carbocycles. The maximum absolute atomic E-state index is 13.4. The van der Waals surface area contributed by atoms with Crippen molar-refractivity contribution >= 4 is 13.1 Å². The normalized spacial score (nSPS) is 12.5. The van der Waals surface area contributed by atoms with Crippen molar-refractivity contribution in [3.63, 3.8) is 0 Å². The molecule has 2 aromatic rings. The van der Waals surface area contributed by atoms with E-state index in [0.717, 1.165) is 24.0 Å². The molecule has 284 valence electrons. The van der Waals surface area contributed by atoms with Gasteiger partial charge in [-0.2, -0.15) is 21.1 Å². The lowest BCUT2D eigenvalue weighted by Gasteiger charge is -2.36. The quantitative estimate of drug-likeness (QED) is 0.0540. The van der Waals surface area contributed by atoms with Gasteiger partial charge in [-0.3, -0.25) is 0 Å². The fourth-order valence-electron chi connectivity index (χ4n) is 6.97. The van der Waals surface area contributed by atoms with E-state index in [9.17, 15) is 26.3 Å². The number of rotatable bonds is 22. The number of quaternary nitrogens is 1. The van der Waals surface area contributed by atoms with E-state index in [1.807, 2.05) is 0 Å². The highest BCUT2D eigenvalue weighted by Gasteiger charge is 2.28.